The summed E-state index contributed by atoms with van der Waals surface area (Å²) in [6.07, 6.45) is 3.58. The Morgan fingerprint density at radius 3 is 2.14 bits per heavy atom. The molecule has 0 bridgehead atoms. The standard InChI is InChI=1S/C23H28N2O2.C2H6/c1-4-6-7-8-20(26)16-25-21-14-13-19(18-11-9-17(3)10-12-18)15-22(21)24(5-2)23(25)27;1-2/h9-15H,4-8,16H2,1-3H3;1-2H3. The molecule has 0 atom stereocenters. The molecule has 4 heteroatoms. The molecule has 0 spiro atoms. The molecular weight excluding hydrogens is 360 g/mol. The Hall–Kier alpha value is -2.62. The highest BCUT2D eigenvalue weighted by molar-refractivity contribution is 5.85. The predicted molar refractivity (Wildman–Crippen MR) is 123 cm³/mol. The van der Waals surface area contributed by atoms with Gasteiger partial charge in [0.25, 0.3) is 0 Å². The van der Waals surface area contributed by atoms with Crippen LogP contribution in [0.3, 0.4) is 0 Å². The average molecular weight is 395 g/mol. The number of ketones is 1. The lowest BCUT2D eigenvalue weighted by Gasteiger charge is -2.05. The van der Waals surface area contributed by atoms with Crippen LogP contribution in [-0.4, -0.2) is 14.9 Å². The van der Waals surface area contributed by atoms with Crippen molar-refractivity contribution < 1.29 is 4.79 Å². The van der Waals surface area contributed by atoms with E-state index in [0.717, 1.165) is 41.4 Å². The smallest absolute Gasteiger partial charge is 0.298 e. The maximum Gasteiger partial charge on any atom is 0.329 e. The molecule has 1 heterocycles. The minimum atomic E-state index is -0.0996. The van der Waals surface area contributed by atoms with Crippen LogP contribution in [0.2, 0.25) is 0 Å². The highest BCUT2D eigenvalue weighted by Gasteiger charge is 2.15. The lowest BCUT2D eigenvalue weighted by atomic mass is 10.0. The highest BCUT2D eigenvalue weighted by Crippen LogP contribution is 2.25. The second kappa shape index (κ2) is 10.8. The number of rotatable bonds is 8. The van der Waals surface area contributed by atoms with Crippen LogP contribution < -0.4 is 5.69 Å². The van der Waals surface area contributed by atoms with Gasteiger partial charge in [0.15, 0.2) is 5.78 Å². The van der Waals surface area contributed by atoms with Gasteiger partial charge >= 0.3 is 5.69 Å². The van der Waals surface area contributed by atoms with E-state index in [1.54, 1.807) is 9.13 Å². The van der Waals surface area contributed by atoms with E-state index in [1.165, 1.54) is 5.56 Å². The van der Waals surface area contributed by atoms with E-state index in [2.05, 4.69) is 44.2 Å². The molecule has 0 radical (unpaired) electrons. The van der Waals surface area contributed by atoms with Crippen molar-refractivity contribution in [3.8, 4) is 11.1 Å². The van der Waals surface area contributed by atoms with E-state index < -0.39 is 0 Å². The molecule has 0 N–H and O–H groups in total. The Balaban J connectivity index is 0.00000145. The quantitative estimate of drug-likeness (QED) is 0.442. The second-order valence-corrected chi connectivity index (χ2v) is 7.18. The fourth-order valence-corrected chi connectivity index (χ4v) is 3.53. The van der Waals surface area contributed by atoms with Crippen LogP contribution in [-0.2, 0) is 17.9 Å². The van der Waals surface area contributed by atoms with Crippen LogP contribution >= 0.6 is 0 Å². The normalized spacial score (nSPS) is 10.7. The molecule has 3 aromatic rings. The molecule has 0 saturated carbocycles. The maximum atomic E-state index is 12.9. The van der Waals surface area contributed by atoms with Gasteiger partial charge < -0.3 is 0 Å². The summed E-state index contributed by atoms with van der Waals surface area (Å²) in [5, 5.41) is 0. The third kappa shape index (κ3) is 5.26. The van der Waals surface area contributed by atoms with E-state index in [1.807, 2.05) is 32.9 Å². The highest BCUT2D eigenvalue weighted by atomic mass is 16.2. The topological polar surface area (TPSA) is 44.0 Å². The minimum Gasteiger partial charge on any atom is -0.298 e. The van der Waals surface area contributed by atoms with E-state index in [0.29, 0.717) is 13.0 Å². The third-order valence-corrected chi connectivity index (χ3v) is 5.11. The number of imidazole rings is 1. The monoisotopic (exact) mass is 394 g/mol. The van der Waals surface area contributed by atoms with Crippen LogP contribution in [0.15, 0.2) is 47.3 Å². The first-order chi connectivity index (χ1) is 14.0. The summed E-state index contributed by atoms with van der Waals surface area (Å²) in [6.45, 7) is 10.9. The first-order valence-corrected chi connectivity index (χ1v) is 10.9. The molecule has 0 fully saturated rings. The molecule has 2 aromatic carbocycles. The lowest BCUT2D eigenvalue weighted by molar-refractivity contribution is -0.119. The van der Waals surface area contributed by atoms with Gasteiger partial charge in [-0.2, -0.15) is 0 Å². The number of hydrogen-bond acceptors (Lipinski definition) is 2. The van der Waals surface area contributed by atoms with Crippen LogP contribution in [0.25, 0.3) is 22.2 Å². The lowest BCUT2D eigenvalue weighted by Crippen LogP contribution is -2.26. The summed E-state index contributed by atoms with van der Waals surface area (Å²) in [7, 11) is 0. The molecule has 1 aromatic heterocycles. The van der Waals surface area contributed by atoms with E-state index in [4.69, 9.17) is 0 Å². The largest absolute Gasteiger partial charge is 0.329 e. The molecule has 3 rings (SSSR count). The first-order valence-electron chi connectivity index (χ1n) is 10.9. The number of benzene rings is 2. The van der Waals surface area contributed by atoms with Gasteiger partial charge in [0, 0.05) is 13.0 Å². The molecule has 0 aliphatic rings. The Kier molecular flexibility index (Phi) is 8.44. The number of aryl methyl sites for hydroxylation is 2. The van der Waals surface area contributed by atoms with E-state index in [-0.39, 0.29) is 18.0 Å². The van der Waals surface area contributed by atoms with Crippen molar-refractivity contribution in [2.45, 2.75) is 73.4 Å². The van der Waals surface area contributed by atoms with Crippen molar-refractivity contribution in [1.82, 2.24) is 9.13 Å². The van der Waals surface area contributed by atoms with Crippen molar-refractivity contribution in [3.05, 3.63) is 58.5 Å². The van der Waals surface area contributed by atoms with Gasteiger partial charge in [-0.05, 0) is 43.5 Å². The average Bonchev–Trinajstić information content (AvgIpc) is 3.00. The Bertz CT molecular complexity index is 994. The summed E-state index contributed by atoms with van der Waals surface area (Å²) in [6, 6.07) is 14.4. The van der Waals surface area contributed by atoms with Gasteiger partial charge in [-0.25, -0.2) is 4.79 Å². The molecule has 0 saturated heterocycles. The predicted octanol–water partition coefficient (Wildman–Crippen LogP) is 5.97. The van der Waals surface area contributed by atoms with Crippen LogP contribution in [0.5, 0.6) is 0 Å². The fraction of sp³-hybridized carbons (Fsp3) is 0.440. The number of hydrogen-bond donors (Lipinski definition) is 0. The zero-order valence-corrected chi connectivity index (χ0v) is 18.5. The third-order valence-electron chi connectivity index (χ3n) is 5.11. The second-order valence-electron chi connectivity index (χ2n) is 7.18. The van der Waals surface area contributed by atoms with Crippen molar-refractivity contribution in [3.63, 3.8) is 0 Å². The van der Waals surface area contributed by atoms with Crippen molar-refractivity contribution >= 4 is 16.8 Å². The number of carbonyl (C=O) groups is 1. The Morgan fingerprint density at radius 1 is 0.862 bits per heavy atom. The van der Waals surface area contributed by atoms with Crippen molar-refractivity contribution in [2.24, 2.45) is 0 Å². The van der Waals surface area contributed by atoms with Crippen molar-refractivity contribution in [1.29, 1.82) is 0 Å². The van der Waals surface area contributed by atoms with Crippen LogP contribution in [0, 0.1) is 6.92 Å². The summed E-state index contributed by atoms with van der Waals surface area (Å²) in [5.41, 5.74) is 5.05. The summed E-state index contributed by atoms with van der Waals surface area (Å²) in [5.74, 6) is 0.128. The molecule has 0 unspecified atom stereocenters. The zero-order valence-electron chi connectivity index (χ0n) is 18.5. The van der Waals surface area contributed by atoms with Crippen LogP contribution in [0.1, 0.15) is 58.9 Å². The minimum absolute atomic E-state index is 0.0996. The maximum absolute atomic E-state index is 12.9. The molecule has 156 valence electrons. The van der Waals surface area contributed by atoms with Gasteiger partial charge in [-0.15, -0.1) is 0 Å². The number of carbonyl (C=O) groups excluding carboxylic acids is 1. The molecule has 0 aliphatic heterocycles. The van der Waals surface area contributed by atoms with Gasteiger partial charge in [0.05, 0.1) is 17.6 Å². The Labute approximate surface area is 174 Å². The number of nitrogens with zero attached hydrogens (tertiary/aromatic N) is 2. The SMILES string of the molecule is CC.CCCCCC(=O)Cn1c(=O)n(CC)c2cc(-c3ccc(C)cc3)ccc21. The van der Waals surface area contributed by atoms with Gasteiger partial charge in [-0.3, -0.25) is 13.9 Å². The molecule has 4 nitrogen and oxygen atoms in total. The van der Waals surface area contributed by atoms with E-state index >= 15 is 0 Å². The summed E-state index contributed by atoms with van der Waals surface area (Å²) >= 11 is 0. The molecule has 0 amide bonds. The van der Waals surface area contributed by atoms with Gasteiger partial charge in [0.1, 0.15) is 0 Å². The molecule has 29 heavy (non-hydrogen) atoms. The number of fused-ring (bicyclic) bond motifs is 1. The van der Waals surface area contributed by atoms with Crippen molar-refractivity contribution in [2.75, 3.05) is 0 Å². The first kappa shape index (κ1) is 22.7. The van der Waals surface area contributed by atoms with Crippen LogP contribution in [0.4, 0.5) is 0 Å². The van der Waals surface area contributed by atoms with Gasteiger partial charge in [0.2, 0.25) is 0 Å². The summed E-state index contributed by atoms with van der Waals surface area (Å²) < 4.78 is 3.39. The zero-order chi connectivity index (χ0) is 21.4. The number of aromatic nitrogens is 2. The number of Topliss-reactive ketones (excluding diaryl/α,β-unsaturated/α-hetero) is 1. The molecule has 0 aliphatic carbocycles. The number of unbranched alkanes of at least 4 members (excludes halogenated alkanes) is 2. The Morgan fingerprint density at radius 2 is 1.52 bits per heavy atom. The van der Waals surface area contributed by atoms with Gasteiger partial charge in [-0.1, -0.05) is 69.5 Å². The summed E-state index contributed by atoms with van der Waals surface area (Å²) in [4.78, 5) is 25.2. The molecular formula is C25H34N2O2. The fourth-order valence-electron chi connectivity index (χ4n) is 3.53. The van der Waals surface area contributed by atoms with E-state index in [9.17, 15) is 9.59 Å².